The highest BCUT2D eigenvalue weighted by molar-refractivity contribution is 5.81. The third-order valence-electron chi connectivity index (χ3n) is 1.71. The van der Waals surface area contributed by atoms with Crippen molar-refractivity contribution in [3.63, 3.8) is 0 Å². The van der Waals surface area contributed by atoms with Crippen LogP contribution >= 0.6 is 0 Å². The number of halogens is 3. The van der Waals surface area contributed by atoms with Gasteiger partial charge in [0, 0.05) is 5.56 Å². The van der Waals surface area contributed by atoms with Crippen molar-refractivity contribution < 1.29 is 22.7 Å². The standard InChI is InChI=1S/C11H9F3O2/c1-8(7-15)6-9-4-2-3-5-10(9)16-11(12,13)14/h2-7H,1H3. The molecule has 0 N–H and O–H groups in total. The summed E-state index contributed by atoms with van der Waals surface area (Å²) in [7, 11) is 0. The topological polar surface area (TPSA) is 26.3 Å². The van der Waals surface area contributed by atoms with E-state index in [4.69, 9.17) is 0 Å². The summed E-state index contributed by atoms with van der Waals surface area (Å²) in [6.07, 6.45) is -2.85. The lowest BCUT2D eigenvalue weighted by Crippen LogP contribution is -2.17. The first kappa shape index (κ1) is 12.3. The number of para-hydroxylation sites is 1. The molecule has 0 aromatic heterocycles. The number of benzene rings is 1. The molecule has 0 bridgehead atoms. The number of ether oxygens (including phenoxy) is 1. The molecule has 0 spiro atoms. The summed E-state index contributed by atoms with van der Waals surface area (Å²) in [5.41, 5.74) is 0.530. The number of carbonyl (C=O) groups excluding carboxylic acids is 1. The van der Waals surface area contributed by atoms with Crippen LogP contribution in [0.25, 0.3) is 6.08 Å². The van der Waals surface area contributed by atoms with Gasteiger partial charge < -0.3 is 4.74 Å². The van der Waals surface area contributed by atoms with E-state index < -0.39 is 6.36 Å². The predicted molar refractivity (Wildman–Crippen MR) is 52.8 cm³/mol. The highest BCUT2D eigenvalue weighted by atomic mass is 19.4. The maximum atomic E-state index is 12.0. The van der Waals surface area contributed by atoms with E-state index in [0.29, 0.717) is 11.9 Å². The molecular formula is C11H9F3O2. The van der Waals surface area contributed by atoms with Crippen molar-refractivity contribution >= 4 is 12.4 Å². The molecule has 0 fully saturated rings. The van der Waals surface area contributed by atoms with Gasteiger partial charge in [-0.05, 0) is 24.6 Å². The maximum absolute atomic E-state index is 12.0. The van der Waals surface area contributed by atoms with Crippen LogP contribution in [0.1, 0.15) is 12.5 Å². The second-order valence-corrected chi connectivity index (χ2v) is 3.09. The number of hydrogen-bond acceptors (Lipinski definition) is 2. The van der Waals surface area contributed by atoms with Crippen LogP contribution in [0.4, 0.5) is 13.2 Å². The number of alkyl halides is 3. The molecule has 0 saturated carbocycles. The number of carbonyl (C=O) groups is 1. The average molecular weight is 230 g/mol. The Morgan fingerprint density at radius 3 is 2.50 bits per heavy atom. The van der Waals surface area contributed by atoms with Crippen molar-refractivity contribution in [3.8, 4) is 5.75 Å². The Balaban J connectivity index is 3.06. The van der Waals surface area contributed by atoms with Gasteiger partial charge in [0.25, 0.3) is 0 Å². The first-order valence-corrected chi connectivity index (χ1v) is 4.40. The Hall–Kier alpha value is -1.78. The van der Waals surface area contributed by atoms with E-state index in [2.05, 4.69) is 4.74 Å². The zero-order valence-corrected chi connectivity index (χ0v) is 8.41. The van der Waals surface area contributed by atoms with E-state index in [1.807, 2.05) is 0 Å². The van der Waals surface area contributed by atoms with Crippen LogP contribution in [-0.4, -0.2) is 12.6 Å². The van der Waals surface area contributed by atoms with Gasteiger partial charge in [-0.2, -0.15) is 0 Å². The highest BCUT2D eigenvalue weighted by Crippen LogP contribution is 2.27. The van der Waals surface area contributed by atoms with Crippen LogP contribution < -0.4 is 4.74 Å². The van der Waals surface area contributed by atoms with Crippen molar-refractivity contribution in [2.45, 2.75) is 13.3 Å². The Labute approximate surface area is 90.3 Å². The van der Waals surface area contributed by atoms with E-state index in [-0.39, 0.29) is 11.3 Å². The van der Waals surface area contributed by atoms with Gasteiger partial charge in [-0.25, -0.2) is 0 Å². The van der Waals surface area contributed by atoms with Crippen molar-refractivity contribution in [2.24, 2.45) is 0 Å². The van der Waals surface area contributed by atoms with Gasteiger partial charge >= 0.3 is 6.36 Å². The molecule has 5 heteroatoms. The molecule has 1 rings (SSSR count). The number of hydrogen-bond donors (Lipinski definition) is 0. The largest absolute Gasteiger partial charge is 0.573 e. The molecule has 0 radical (unpaired) electrons. The molecule has 1 aromatic carbocycles. The highest BCUT2D eigenvalue weighted by Gasteiger charge is 2.31. The van der Waals surface area contributed by atoms with Crippen molar-refractivity contribution in [2.75, 3.05) is 0 Å². The summed E-state index contributed by atoms with van der Waals surface area (Å²) in [5, 5.41) is 0. The molecule has 0 unspecified atom stereocenters. The van der Waals surface area contributed by atoms with Gasteiger partial charge in [-0.3, -0.25) is 4.79 Å². The maximum Gasteiger partial charge on any atom is 0.573 e. The van der Waals surface area contributed by atoms with Crippen LogP contribution in [0.3, 0.4) is 0 Å². The molecule has 0 aliphatic carbocycles. The van der Waals surface area contributed by atoms with E-state index in [1.165, 1.54) is 31.2 Å². The van der Waals surface area contributed by atoms with Crippen molar-refractivity contribution in [1.29, 1.82) is 0 Å². The second-order valence-electron chi connectivity index (χ2n) is 3.09. The summed E-state index contributed by atoms with van der Waals surface area (Å²) < 4.78 is 39.9. The van der Waals surface area contributed by atoms with Crippen LogP contribution in [0, 0.1) is 0 Å². The van der Waals surface area contributed by atoms with E-state index in [1.54, 1.807) is 6.07 Å². The fourth-order valence-corrected chi connectivity index (χ4v) is 1.10. The molecule has 0 heterocycles. The fourth-order valence-electron chi connectivity index (χ4n) is 1.10. The Kier molecular flexibility index (Phi) is 3.71. The number of aldehydes is 1. The molecule has 16 heavy (non-hydrogen) atoms. The smallest absolute Gasteiger partial charge is 0.405 e. The minimum absolute atomic E-state index is 0.212. The first-order chi connectivity index (χ1) is 7.42. The average Bonchev–Trinajstić information content (AvgIpc) is 2.18. The third-order valence-corrected chi connectivity index (χ3v) is 1.71. The molecule has 0 aliphatic rings. The van der Waals surface area contributed by atoms with Gasteiger partial charge in [0.1, 0.15) is 12.0 Å². The number of allylic oxidation sites excluding steroid dienone is 1. The molecule has 86 valence electrons. The van der Waals surface area contributed by atoms with E-state index in [0.717, 1.165) is 0 Å². The molecule has 2 nitrogen and oxygen atoms in total. The van der Waals surface area contributed by atoms with Crippen LogP contribution in [0.15, 0.2) is 29.8 Å². The zero-order valence-electron chi connectivity index (χ0n) is 8.41. The molecule has 0 saturated heterocycles. The lowest BCUT2D eigenvalue weighted by atomic mass is 10.1. The third kappa shape index (κ3) is 3.76. The van der Waals surface area contributed by atoms with Crippen LogP contribution in [-0.2, 0) is 4.79 Å². The zero-order chi connectivity index (χ0) is 12.2. The van der Waals surface area contributed by atoms with Crippen LogP contribution in [0.5, 0.6) is 5.75 Å². The quantitative estimate of drug-likeness (QED) is 0.588. The SMILES string of the molecule is CC(C=O)=Cc1ccccc1OC(F)(F)F. The molecule has 0 atom stereocenters. The van der Waals surface area contributed by atoms with Gasteiger partial charge in [0.2, 0.25) is 0 Å². The van der Waals surface area contributed by atoms with Crippen LogP contribution in [0.2, 0.25) is 0 Å². The summed E-state index contributed by atoms with van der Waals surface area (Å²) >= 11 is 0. The fraction of sp³-hybridized carbons (Fsp3) is 0.182. The minimum atomic E-state index is -4.74. The lowest BCUT2D eigenvalue weighted by molar-refractivity contribution is -0.274. The van der Waals surface area contributed by atoms with Gasteiger partial charge in [-0.1, -0.05) is 18.2 Å². The summed E-state index contributed by atoms with van der Waals surface area (Å²) in [6, 6.07) is 5.62. The second kappa shape index (κ2) is 4.83. The van der Waals surface area contributed by atoms with Crippen molar-refractivity contribution in [1.82, 2.24) is 0 Å². The monoisotopic (exact) mass is 230 g/mol. The summed E-state index contributed by atoms with van der Waals surface area (Å²) in [4.78, 5) is 10.4. The first-order valence-electron chi connectivity index (χ1n) is 4.40. The Morgan fingerprint density at radius 1 is 1.31 bits per heavy atom. The molecular weight excluding hydrogens is 221 g/mol. The molecule has 0 aliphatic heterocycles. The molecule has 1 aromatic rings. The molecule has 0 amide bonds. The van der Waals surface area contributed by atoms with Gasteiger partial charge in [0.15, 0.2) is 0 Å². The summed E-state index contributed by atoms with van der Waals surface area (Å²) in [5.74, 6) is -0.323. The Bertz CT molecular complexity index is 408. The van der Waals surface area contributed by atoms with Gasteiger partial charge in [-0.15, -0.1) is 13.2 Å². The van der Waals surface area contributed by atoms with Gasteiger partial charge in [0.05, 0.1) is 0 Å². The van der Waals surface area contributed by atoms with E-state index in [9.17, 15) is 18.0 Å². The summed E-state index contributed by atoms with van der Waals surface area (Å²) in [6.45, 7) is 1.50. The van der Waals surface area contributed by atoms with Crippen molar-refractivity contribution in [3.05, 3.63) is 35.4 Å². The Morgan fingerprint density at radius 2 is 1.94 bits per heavy atom. The number of rotatable bonds is 3. The van der Waals surface area contributed by atoms with E-state index >= 15 is 0 Å². The minimum Gasteiger partial charge on any atom is -0.405 e. The normalized spacial score (nSPS) is 12.4. The predicted octanol–water partition coefficient (Wildman–Crippen LogP) is 3.19. The lowest BCUT2D eigenvalue weighted by Gasteiger charge is -2.11.